The van der Waals surface area contributed by atoms with E-state index in [2.05, 4.69) is 5.32 Å². The van der Waals surface area contributed by atoms with E-state index in [9.17, 15) is 14.4 Å². The summed E-state index contributed by atoms with van der Waals surface area (Å²) in [5, 5.41) is 2.61. The van der Waals surface area contributed by atoms with Crippen molar-refractivity contribution < 1.29 is 9.59 Å². The summed E-state index contributed by atoms with van der Waals surface area (Å²) in [7, 11) is 1.77. The molecule has 7 heteroatoms. The number of nitrogens with zero attached hydrogens (tertiary/aromatic N) is 3. The Morgan fingerprint density at radius 3 is 2.44 bits per heavy atom. The second kappa shape index (κ2) is 6.95. The lowest BCUT2D eigenvalue weighted by Crippen LogP contribution is -2.40. The van der Waals surface area contributed by atoms with Gasteiger partial charge in [-0.05, 0) is 62.4 Å². The number of aryl methyl sites for hydroxylation is 2. The predicted molar refractivity (Wildman–Crippen MR) is 124 cm³/mol. The largest absolute Gasteiger partial charge is 0.316 e. The molecule has 0 atom stereocenters. The van der Waals surface area contributed by atoms with Gasteiger partial charge in [0.25, 0.3) is 5.56 Å². The molecule has 5 rings (SSSR count). The van der Waals surface area contributed by atoms with E-state index in [1.165, 1.54) is 4.68 Å². The summed E-state index contributed by atoms with van der Waals surface area (Å²) in [4.78, 5) is 40.9. The Balaban J connectivity index is 1.47. The van der Waals surface area contributed by atoms with Gasteiger partial charge in [0.2, 0.25) is 0 Å². The summed E-state index contributed by atoms with van der Waals surface area (Å²) in [5.41, 5.74) is 4.98. The van der Waals surface area contributed by atoms with Crippen LogP contribution in [0.15, 0.2) is 47.3 Å². The third-order valence-corrected chi connectivity index (χ3v) is 6.90. The highest BCUT2D eigenvalue weighted by Crippen LogP contribution is 2.56. The van der Waals surface area contributed by atoms with Gasteiger partial charge in [-0.15, -0.1) is 0 Å². The molecule has 1 N–H and O–H groups in total. The summed E-state index contributed by atoms with van der Waals surface area (Å²) in [6.45, 7) is 6.17. The van der Waals surface area contributed by atoms with Crippen molar-refractivity contribution in [1.82, 2.24) is 9.36 Å². The zero-order chi connectivity index (χ0) is 22.8. The van der Waals surface area contributed by atoms with Crippen LogP contribution in [0.3, 0.4) is 0 Å². The monoisotopic (exact) mass is 430 g/mol. The number of carbonyl (C=O) groups excluding carboxylic acids is 2. The van der Waals surface area contributed by atoms with Crippen molar-refractivity contribution in [2.24, 2.45) is 7.05 Å². The summed E-state index contributed by atoms with van der Waals surface area (Å²) >= 11 is 0. The van der Waals surface area contributed by atoms with E-state index < -0.39 is 11.8 Å². The van der Waals surface area contributed by atoms with E-state index in [4.69, 9.17) is 0 Å². The van der Waals surface area contributed by atoms with Gasteiger partial charge in [-0.3, -0.25) is 19.1 Å². The van der Waals surface area contributed by atoms with E-state index in [0.717, 1.165) is 40.9 Å². The van der Waals surface area contributed by atoms with Gasteiger partial charge in [-0.2, -0.15) is 0 Å². The number of carbonyl (C=O) groups is 2. The maximum Gasteiger partial charge on any atom is 0.316 e. The van der Waals surface area contributed by atoms with Crippen LogP contribution in [0.1, 0.15) is 35.2 Å². The van der Waals surface area contributed by atoms with Crippen molar-refractivity contribution in [1.29, 1.82) is 0 Å². The van der Waals surface area contributed by atoms with E-state index in [1.54, 1.807) is 23.6 Å². The molecule has 1 spiro atoms. The molecule has 1 fully saturated rings. The predicted octanol–water partition coefficient (Wildman–Crippen LogP) is 3.12. The maximum absolute atomic E-state index is 13.3. The zero-order valence-electron chi connectivity index (χ0n) is 18.7. The van der Waals surface area contributed by atoms with Crippen LogP contribution in [0.25, 0.3) is 5.69 Å². The SMILES string of the molecule is Cc1ccc(C)c(-n2c(=O)c(NC(=O)C(=O)N3CC4(CC4)c4ccccc43)c(C)n2C)c1. The van der Waals surface area contributed by atoms with Gasteiger partial charge in [-0.1, -0.05) is 30.3 Å². The molecule has 1 aliphatic heterocycles. The standard InChI is InChI=1S/C25H26N4O3/c1-15-9-10-16(2)20(13-15)29-23(31)21(17(3)27(29)4)26-22(30)24(32)28-14-25(11-12-25)18-7-5-6-8-19(18)28/h5-10,13H,11-12,14H2,1-4H3,(H,26,30). The normalized spacial score (nSPS) is 15.7. The Kier molecular flexibility index (Phi) is 4.41. The van der Waals surface area contributed by atoms with Gasteiger partial charge in [0, 0.05) is 24.7 Å². The van der Waals surface area contributed by atoms with Gasteiger partial charge in [-0.25, -0.2) is 4.68 Å². The van der Waals surface area contributed by atoms with Crippen molar-refractivity contribution in [3.63, 3.8) is 0 Å². The number of aromatic nitrogens is 2. The molecule has 1 aliphatic carbocycles. The van der Waals surface area contributed by atoms with Crippen LogP contribution in [-0.2, 0) is 22.1 Å². The lowest BCUT2D eigenvalue weighted by atomic mass is 9.99. The quantitative estimate of drug-likeness (QED) is 0.635. The molecule has 0 unspecified atom stereocenters. The van der Waals surface area contributed by atoms with Crippen LogP contribution >= 0.6 is 0 Å². The number of benzene rings is 2. The first-order valence-corrected chi connectivity index (χ1v) is 10.8. The minimum atomic E-state index is -0.795. The highest BCUT2D eigenvalue weighted by atomic mass is 16.2. The summed E-state index contributed by atoms with van der Waals surface area (Å²) in [6, 6.07) is 13.6. The van der Waals surface area contributed by atoms with Crippen molar-refractivity contribution in [3.05, 3.63) is 75.2 Å². The fourth-order valence-corrected chi connectivity index (χ4v) is 4.75. The van der Waals surface area contributed by atoms with Crippen molar-refractivity contribution in [2.75, 3.05) is 16.8 Å². The van der Waals surface area contributed by atoms with Crippen molar-refractivity contribution >= 4 is 23.2 Å². The molecule has 0 saturated heterocycles. The minimum absolute atomic E-state index is 0.00932. The number of amides is 2. The topological polar surface area (TPSA) is 76.3 Å². The number of hydrogen-bond acceptors (Lipinski definition) is 3. The molecule has 0 radical (unpaired) electrons. The molecule has 1 saturated carbocycles. The van der Waals surface area contributed by atoms with Crippen LogP contribution in [-0.4, -0.2) is 27.7 Å². The Labute approximate surface area is 186 Å². The molecule has 2 amide bonds. The van der Waals surface area contributed by atoms with Gasteiger partial charge >= 0.3 is 11.8 Å². The van der Waals surface area contributed by atoms with E-state index in [0.29, 0.717) is 12.2 Å². The van der Waals surface area contributed by atoms with Gasteiger partial charge in [0.05, 0.1) is 11.4 Å². The molecular formula is C25H26N4O3. The smallest absolute Gasteiger partial charge is 0.312 e. The van der Waals surface area contributed by atoms with Gasteiger partial charge in [0.15, 0.2) is 0 Å². The fourth-order valence-electron chi connectivity index (χ4n) is 4.75. The number of para-hydroxylation sites is 1. The lowest BCUT2D eigenvalue weighted by molar-refractivity contribution is -0.134. The first-order valence-electron chi connectivity index (χ1n) is 10.8. The fraction of sp³-hybridized carbons (Fsp3) is 0.320. The van der Waals surface area contributed by atoms with E-state index >= 15 is 0 Å². The second-order valence-electron chi connectivity index (χ2n) is 9.03. The van der Waals surface area contributed by atoms with Crippen LogP contribution in [0.2, 0.25) is 0 Å². The third kappa shape index (κ3) is 2.92. The zero-order valence-corrected chi connectivity index (χ0v) is 18.7. The first kappa shape index (κ1) is 20.3. The Hall–Kier alpha value is -3.61. The first-order chi connectivity index (χ1) is 15.2. The number of rotatable bonds is 2. The third-order valence-electron chi connectivity index (χ3n) is 6.90. The maximum atomic E-state index is 13.3. The second-order valence-corrected chi connectivity index (χ2v) is 9.03. The summed E-state index contributed by atoms with van der Waals surface area (Å²) in [6.07, 6.45) is 2.04. The number of hydrogen-bond donors (Lipinski definition) is 1. The Morgan fingerprint density at radius 1 is 1.00 bits per heavy atom. The van der Waals surface area contributed by atoms with E-state index in [-0.39, 0.29) is 16.7 Å². The Morgan fingerprint density at radius 2 is 1.72 bits per heavy atom. The molecule has 2 heterocycles. The highest BCUT2D eigenvalue weighted by molar-refractivity contribution is 6.44. The minimum Gasteiger partial charge on any atom is -0.312 e. The van der Waals surface area contributed by atoms with Crippen LogP contribution in [0.4, 0.5) is 11.4 Å². The highest BCUT2D eigenvalue weighted by Gasteiger charge is 2.53. The molecule has 0 bridgehead atoms. The molecule has 164 valence electrons. The number of nitrogens with one attached hydrogen (secondary N) is 1. The molecular weight excluding hydrogens is 404 g/mol. The van der Waals surface area contributed by atoms with E-state index in [1.807, 2.05) is 56.3 Å². The summed E-state index contributed by atoms with van der Waals surface area (Å²) in [5.74, 6) is -1.43. The van der Waals surface area contributed by atoms with Crippen molar-refractivity contribution in [3.8, 4) is 5.69 Å². The van der Waals surface area contributed by atoms with Crippen LogP contribution in [0, 0.1) is 20.8 Å². The molecule has 32 heavy (non-hydrogen) atoms. The lowest BCUT2D eigenvalue weighted by Gasteiger charge is -2.17. The molecule has 2 aromatic carbocycles. The number of anilines is 2. The number of fused-ring (bicyclic) bond motifs is 2. The summed E-state index contributed by atoms with van der Waals surface area (Å²) < 4.78 is 3.23. The van der Waals surface area contributed by atoms with Crippen LogP contribution < -0.4 is 15.8 Å². The molecule has 1 aromatic heterocycles. The molecule has 7 nitrogen and oxygen atoms in total. The Bertz CT molecular complexity index is 1340. The molecule has 2 aliphatic rings. The van der Waals surface area contributed by atoms with Gasteiger partial charge in [0.1, 0.15) is 5.69 Å². The van der Waals surface area contributed by atoms with Crippen LogP contribution in [0.5, 0.6) is 0 Å². The molecule has 3 aromatic rings. The van der Waals surface area contributed by atoms with Crippen molar-refractivity contribution in [2.45, 2.75) is 39.0 Å². The van der Waals surface area contributed by atoms with Gasteiger partial charge < -0.3 is 10.2 Å². The average molecular weight is 431 g/mol. The average Bonchev–Trinajstić information content (AvgIpc) is 3.45.